The first kappa shape index (κ1) is 12.0. The Morgan fingerprint density at radius 1 is 1.56 bits per heavy atom. The summed E-state index contributed by atoms with van der Waals surface area (Å²) in [5.74, 6) is -0.0976. The fourth-order valence-electron chi connectivity index (χ4n) is 1.40. The van der Waals surface area contributed by atoms with Crippen molar-refractivity contribution in [2.45, 2.75) is 20.0 Å². The molecular formula is C10H12N6O2. The van der Waals surface area contributed by atoms with Crippen LogP contribution in [0.5, 0.6) is 0 Å². The molecule has 94 valence electrons. The number of nitrogens with zero attached hydrogens (tertiary/aromatic N) is 5. The van der Waals surface area contributed by atoms with Gasteiger partial charge in [0, 0.05) is 12.7 Å². The fourth-order valence-corrected chi connectivity index (χ4v) is 1.40. The normalized spacial score (nSPS) is 10.3. The molecule has 0 saturated heterocycles. The van der Waals surface area contributed by atoms with Crippen LogP contribution in [-0.4, -0.2) is 35.8 Å². The second-order valence-corrected chi connectivity index (χ2v) is 3.46. The first-order valence-corrected chi connectivity index (χ1v) is 5.37. The molecule has 0 amide bonds. The second kappa shape index (κ2) is 5.21. The molecule has 0 spiro atoms. The number of hydrogen-bond acceptors (Lipinski definition) is 6. The van der Waals surface area contributed by atoms with Gasteiger partial charge in [-0.05, 0) is 13.0 Å². The smallest absolute Gasteiger partial charge is 0.354 e. The summed E-state index contributed by atoms with van der Waals surface area (Å²) >= 11 is 0. The molecule has 0 saturated carbocycles. The van der Waals surface area contributed by atoms with E-state index in [1.807, 2.05) is 11.5 Å². The van der Waals surface area contributed by atoms with Gasteiger partial charge < -0.3 is 15.0 Å². The molecule has 2 aromatic rings. The number of carboxylic acid groups (broad SMARTS) is 1. The van der Waals surface area contributed by atoms with Crippen LogP contribution < -0.4 is 5.32 Å². The molecule has 8 heteroatoms. The van der Waals surface area contributed by atoms with Crippen molar-refractivity contribution in [3.05, 3.63) is 30.1 Å². The third-order valence-electron chi connectivity index (χ3n) is 2.32. The molecule has 0 atom stereocenters. The van der Waals surface area contributed by atoms with Gasteiger partial charge in [-0.25, -0.2) is 14.8 Å². The van der Waals surface area contributed by atoms with E-state index in [1.54, 1.807) is 6.33 Å². The van der Waals surface area contributed by atoms with Crippen molar-refractivity contribution in [3.63, 3.8) is 0 Å². The number of carboxylic acids is 1. The van der Waals surface area contributed by atoms with Crippen LogP contribution in [0.3, 0.4) is 0 Å². The molecule has 2 N–H and O–H groups in total. The number of hydrogen-bond donors (Lipinski definition) is 2. The van der Waals surface area contributed by atoms with E-state index in [0.29, 0.717) is 6.54 Å². The van der Waals surface area contributed by atoms with Crippen molar-refractivity contribution < 1.29 is 9.90 Å². The maximum absolute atomic E-state index is 10.7. The average molecular weight is 248 g/mol. The van der Waals surface area contributed by atoms with Gasteiger partial charge >= 0.3 is 5.97 Å². The molecule has 2 heterocycles. The standard InChI is InChI=1S/C10H12N6O2/c1-2-16-6-13-15-8(16)5-12-10-11-4-3-7(14-10)9(17)18/h3-4,6H,2,5H2,1H3,(H,17,18)(H,11,12,14). The van der Waals surface area contributed by atoms with Gasteiger partial charge in [0.15, 0.2) is 11.5 Å². The van der Waals surface area contributed by atoms with E-state index in [4.69, 9.17) is 5.11 Å². The molecule has 0 fully saturated rings. The monoisotopic (exact) mass is 248 g/mol. The van der Waals surface area contributed by atoms with Crippen LogP contribution in [0.15, 0.2) is 18.6 Å². The lowest BCUT2D eigenvalue weighted by Gasteiger charge is -2.05. The number of anilines is 1. The van der Waals surface area contributed by atoms with Crippen LogP contribution in [0.1, 0.15) is 23.2 Å². The lowest BCUT2D eigenvalue weighted by Crippen LogP contribution is -2.11. The van der Waals surface area contributed by atoms with Gasteiger partial charge in [-0.15, -0.1) is 10.2 Å². The minimum Gasteiger partial charge on any atom is -0.477 e. The Balaban J connectivity index is 2.06. The van der Waals surface area contributed by atoms with Crippen molar-refractivity contribution in [2.24, 2.45) is 0 Å². The van der Waals surface area contributed by atoms with E-state index in [0.717, 1.165) is 12.4 Å². The Bertz CT molecular complexity index is 553. The van der Waals surface area contributed by atoms with Gasteiger partial charge in [-0.2, -0.15) is 0 Å². The predicted octanol–water partition coefficient (Wildman–Crippen LogP) is 0.398. The summed E-state index contributed by atoms with van der Waals surface area (Å²) in [5, 5.41) is 19.4. The van der Waals surface area contributed by atoms with Crippen LogP contribution >= 0.6 is 0 Å². The topological polar surface area (TPSA) is 106 Å². The maximum atomic E-state index is 10.7. The molecule has 0 unspecified atom stereocenters. The third-order valence-corrected chi connectivity index (χ3v) is 2.32. The quantitative estimate of drug-likeness (QED) is 0.788. The van der Waals surface area contributed by atoms with Gasteiger partial charge in [0.05, 0.1) is 6.54 Å². The van der Waals surface area contributed by atoms with E-state index in [9.17, 15) is 4.79 Å². The van der Waals surface area contributed by atoms with Crippen LogP contribution in [-0.2, 0) is 13.1 Å². The Morgan fingerprint density at radius 3 is 3.11 bits per heavy atom. The molecule has 2 aromatic heterocycles. The van der Waals surface area contributed by atoms with E-state index in [1.165, 1.54) is 12.3 Å². The van der Waals surface area contributed by atoms with Gasteiger partial charge in [0.25, 0.3) is 0 Å². The molecule has 0 aliphatic heterocycles. The largest absolute Gasteiger partial charge is 0.477 e. The zero-order valence-corrected chi connectivity index (χ0v) is 9.74. The Morgan fingerprint density at radius 2 is 2.39 bits per heavy atom. The molecule has 0 aliphatic rings. The molecule has 0 aromatic carbocycles. The van der Waals surface area contributed by atoms with E-state index >= 15 is 0 Å². The number of aromatic nitrogens is 5. The summed E-state index contributed by atoms with van der Waals surface area (Å²) in [6.45, 7) is 3.13. The van der Waals surface area contributed by atoms with Gasteiger partial charge in [0.2, 0.25) is 5.95 Å². The maximum Gasteiger partial charge on any atom is 0.354 e. The van der Waals surface area contributed by atoms with Crippen LogP contribution in [0, 0.1) is 0 Å². The van der Waals surface area contributed by atoms with E-state index in [-0.39, 0.29) is 11.6 Å². The third kappa shape index (κ3) is 2.59. The number of aryl methyl sites for hydroxylation is 1. The zero-order chi connectivity index (χ0) is 13.0. The van der Waals surface area contributed by atoms with Crippen LogP contribution in [0.4, 0.5) is 5.95 Å². The highest BCUT2D eigenvalue weighted by Crippen LogP contribution is 2.03. The van der Waals surface area contributed by atoms with Crippen LogP contribution in [0.25, 0.3) is 0 Å². The summed E-state index contributed by atoms with van der Waals surface area (Å²) in [4.78, 5) is 18.5. The van der Waals surface area contributed by atoms with E-state index < -0.39 is 5.97 Å². The number of nitrogens with one attached hydrogen (secondary N) is 1. The van der Waals surface area contributed by atoms with Crippen molar-refractivity contribution in [1.29, 1.82) is 0 Å². The molecule has 0 aliphatic carbocycles. The molecular weight excluding hydrogens is 236 g/mol. The molecule has 2 rings (SSSR count). The summed E-state index contributed by atoms with van der Waals surface area (Å²) in [7, 11) is 0. The highest BCUT2D eigenvalue weighted by atomic mass is 16.4. The molecule has 18 heavy (non-hydrogen) atoms. The highest BCUT2D eigenvalue weighted by molar-refractivity contribution is 5.85. The molecule has 0 radical (unpaired) electrons. The van der Waals surface area contributed by atoms with Crippen LogP contribution in [0.2, 0.25) is 0 Å². The second-order valence-electron chi connectivity index (χ2n) is 3.46. The Hall–Kier alpha value is -2.51. The van der Waals surface area contributed by atoms with Gasteiger partial charge in [0.1, 0.15) is 6.33 Å². The van der Waals surface area contributed by atoms with Crippen molar-refractivity contribution in [3.8, 4) is 0 Å². The minimum absolute atomic E-state index is 0.0514. The highest BCUT2D eigenvalue weighted by Gasteiger charge is 2.07. The summed E-state index contributed by atoms with van der Waals surface area (Å²) in [5.41, 5.74) is -0.0514. The zero-order valence-electron chi connectivity index (χ0n) is 9.74. The van der Waals surface area contributed by atoms with Gasteiger partial charge in [-0.3, -0.25) is 0 Å². The van der Waals surface area contributed by atoms with Crippen molar-refractivity contribution >= 4 is 11.9 Å². The summed E-state index contributed by atoms with van der Waals surface area (Å²) in [6.07, 6.45) is 3.02. The summed E-state index contributed by atoms with van der Waals surface area (Å²) < 4.78 is 1.87. The Labute approximate surface area is 103 Å². The van der Waals surface area contributed by atoms with Gasteiger partial charge in [-0.1, -0.05) is 0 Å². The summed E-state index contributed by atoms with van der Waals surface area (Å²) in [6, 6.07) is 1.34. The average Bonchev–Trinajstić information content (AvgIpc) is 2.84. The lowest BCUT2D eigenvalue weighted by atomic mass is 10.4. The molecule has 8 nitrogen and oxygen atoms in total. The van der Waals surface area contributed by atoms with E-state index in [2.05, 4.69) is 25.5 Å². The minimum atomic E-state index is -1.09. The predicted molar refractivity (Wildman–Crippen MR) is 62.0 cm³/mol. The Kier molecular flexibility index (Phi) is 3.46. The number of carbonyl (C=O) groups is 1. The number of rotatable bonds is 5. The van der Waals surface area contributed by atoms with Crippen molar-refractivity contribution in [2.75, 3.05) is 5.32 Å². The first-order valence-electron chi connectivity index (χ1n) is 5.37. The fraction of sp³-hybridized carbons (Fsp3) is 0.300. The van der Waals surface area contributed by atoms with Crippen molar-refractivity contribution in [1.82, 2.24) is 24.7 Å². The molecule has 0 bridgehead atoms. The number of aromatic carboxylic acids is 1. The SMILES string of the molecule is CCn1cnnc1CNc1nccc(C(=O)O)n1. The first-order chi connectivity index (χ1) is 8.70. The lowest BCUT2D eigenvalue weighted by molar-refractivity contribution is 0.0690.